The van der Waals surface area contributed by atoms with Crippen molar-refractivity contribution in [3.05, 3.63) is 50.2 Å². The molecule has 2 rings (SSSR count). The molecule has 1 aromatic heterocycles. The van der Waals surface area contributed by atoms with E-state index in [-0.39, 0.29) is 9.08 Å². The molecule has 0 spiro atoms. The summed E-state index contributed by atoms with van der Waals surface area (Å²) < 4.78 is 26.5. The molecular weight excluding hydrogens is 332 g/mol. The number of H-pyrrole nitrogens is 1. The number of halogens is 1. The number of sulfonamides is 1. The summed E-state index contributed by atoms with van der Waals surface area (Å²) in [7, 11) is -2.24. The van der Waals surface area contributed by atoms with Gasteiger partial charge in [-0.3, -0.25) is 4.79 Å². The normalized spacial score (nSPS) is 13.6. The third-order valence-electron chi connectivity index (χ3n) is 3.27. The van der Waals surface area contributed by atoms with Crippen molar-refractivity contribution in [3.63, 3.8) is 0 Å². The quantitative estimate of drug-likeness (QED) is 0.925. The molecule has 114 valence electrons. The van der Waals surface area contributed by atoms with E-state index in [4.69, 9.17) is 11.6 Å². The number of thiazole rings is 1. The van der Waals surface area contributed by atoms with Crippen molar-refractivity contribution in [2.45, 2.75) is 24.1 Å². The molecule has 0 amide bonds. The average molecular weight is 347 g/mol. The third kappa shape index (κ3) is 3.21. The number of hydrogen-bond acceptors (Lipinski definition) is 4. The topological polar surface area (TPSA) is 70.2 Å². The number of nitrogens with one attached hydrogen (secondary N) is 1. The van der Waals surface area contributed by atoms with Crippen LogP contribution in [0.25, 0.3) is 0 Å². The Hall–Kier alpha value is -1.15. The van der Waals surface area contributed by atoms with Crippen LogP contribution in [0, 0.1) is 6.92 Å². The van der Waals surface area contributed by atoms with E-state index in [9.17, 15) is 13.2 Å². The van der Waals surface area contributed by atoms with Gasteiger partial charge < -0.3 is 4.98 Å². The van der Waals surface area contributed by atoms with E-state index in [2.05, 4.69) is 4.98 Å². The van der Waals surface area contributed by atoms with E-state index in [1.54, 1.807) is 32.0 Å². The first kappa shape index (κ1) is 16.2. The fourth-order valence-electron chi connectivity index (χ4n) is 1.95. The molecule has 1 aromatic carbocycles. The molecule has 0 aliphatic rings. The molecule has 0 aliphatic heterocycles. The zero-order chi connectivity index (χ0) is 15.8. The highest BCUT2D eigenvalue weighted by atomic mass is 35.5. The van der Waals surface area contributed by atoms with Crippen LogP contribution in [-0.2, 0) is 10.0 Å². The minimum atomic E-state index is -3.73. The minimum absolute atomic E-state index is 0.0453. The number of hydrogen-bond donors (Lipinski definition) is 1. The van der Waals surface area contributed by atoms with E-state index in [1.807, 2.05) is 6.07 Å². The van der Waals surface area contributed by atoms with Gasteiger partial charge in [-0.15, -0.1) is 0 Å². The van der Waals surface area contributed by atoms with Crippen LogP contribution >= 0.6 is 22.9 Å². The lowest BCUT2D eigenvalue weighted by molar-refractivity contribution is 0.399. The first-order chi connectivity index (χ1) is 9.73. The Bertz CT molecular complexity index is 811. The Morgan fingerprint density at radius 3 is 2.57 bits per heavy atom. The summed E-state index contributed by atoms with van der Waals surface area (Å²) in [6, 6.07) is 6.65. The standard InChI is InChI=1S/C13H15ClN2O3S2/c1-8-12(20-13(17)15-8)21(18,19)16(3)9(2)10-5-4-6-11(14)7-10/h4-7,9H,1-3H3,(H,15,17). The van der Waals surface area contributed by atoms with Crippen LogP contribution in [0.15, 0.2) is 33.3 Å². The van der Waals surface area contributed by atoms with Crippen LogP contribution in [0.4, 0.5) is 0 Å². The average Bonchev–Trinajstić information content (AvgIpc) is 2.76. The number of benzene rings is 1. The van der Waals surface area contributed by atoms with Crippen molar-refractivity contribution in [1.29, 1.82) is 0 Å². The number of aromatic nitrogens is 1. The Morgan fingerprint density at radius 2 is 2.05 bits per heavy atom. The van der Waals surface area contributed by atoms with Gasteiger partial charge in [0.2, 0.25) is 0 Å². The highest BCUT2D eigenvalue weighted by molar-refractivity contribution is 7.91. The highest BCUT2D eigenvalue weighted by Crippen LogP contribution is 2.29. The summed E-state index contributed by atoms with van der Waals surface area (Å²) in [5.74, 6) is 0. The van der Waals surface area contributed by atoms with Gasteiger partial charge in [0.1, 0.15) is 0 Å². The van der Waals surface area contributed by atoms with Gasteiger partial charge in [-0.25, -0.2) is 8.42 Å². The van der Waals surface area contributed by atoms with Gasteiger partial charge in [0.05, 0.1) is 0 Å². The maximum atomic E-state index is 12.6. The van der Waals surface area contributed by atoms with Gasteiger partial charge in [-0.1, -0.05) is 35.1 Å². The molecular formula is C13H15ClN2O3S2. The van der Waals surface area contributed by atoms with Gasteiger partial charge in [0, 0.05) is 23.8 Å². The van der Waals surface area contributed by atoms with Crippen molar-refractivity contribution < 1.29 is 8.42 Å². The molecule has 8 heteroatoms. The number of rotatable bonds is 4. The fourth-order valence-corrected chi connectivity index (χ4v) is 4.97. The van der Waals surface area contributed by atoms with Gasteiger partial charge >= 0.3 is 4.87 Å². The predicted octanol–water partition coefficient (Wildman–Crippen LogP) is 2.78. The number of aromatic amines is 1. The molecule has 0 fully saturated rings. The Labute approximate surface area is 132 Å². The van der Waals surface area contributed by atoms with Crippen molar-refractivity contribution in [2.24, 2.45) is 0 Å². The smallest absolute Gasteiger partial charge is 0.305 e. The van der Waals surface area contributed by atoms with E-state index < -0.39 is 16.1 Å². The molecule has 1 atom stereocenters. The van der Waals surface area contributed by atoms with Crippen LogP contribution in [-0.4, -0.2) is 24.8 Å². The molecule has 21 heavy (non-hydrogen) atoms. The second-order valence-corrected chi connectivity index (χ2v) is 8.29. The number of nitrogens with zero attached hydrogens (tertiary/aromatic N) is 1. The first-order valence-corrected chi connectivity index (χ1v) is 8.80. The van der Waals surface area contributed by atoms with E-state index in [1.165, 1.54) is 11.4 Å². The van der Waals surface area contributed by atoms with Crippen LogP contribution in [0.3, 0.4) is 0 Å². The molecule has 1 unspecified atom stereocenters. The Kier molecular flexibility index (Phi) is 4.57. The summed E-state index contributed by atoms with van der Waals surface area (Å²) in [5.41, 5.74) is 1.14. The summed E-state index contributed by atoms with van der Waals surface area (Å²) in [4.78, 5) is 13.4. The van der Waals surface area contributed by atoms with Crippen molar-refractivity contribution in [1.82, 2.24) is 9.29 Å². The summed E-state index contributed by atoms with van der Waals surface area (Å²) in [6.45, 7) is 3.34. The maximum Gasteiger partial charge on any atom is 0.305 e. The monoisotopic (exact) mass is 346 g/mol. The zero-order valence-corrected chi connectivity index (χ0v) is 14.1. The Morgan fingerprint density at radius 1 is 1.38 bits per heavy atom. The first-order valence-electron chi connectivity index (χ1n) is 6.16. The van der Waals surface area contributed by atoms with Crippen molar-refractivity contribution in [3.8, 4) is 0 Å². The van der Waals surface area contributed by atoms with Crippen LogP contribution < -0.4 is 4.87 Å². The van der Waals surface area contributed by atoms with E-state index in [0.717, 1.165) is 5.56 Å². The summed E-state index contributed by atoms with van der Waals surface area (Å²) in [6.07, 6.45) is 0. The molecule has 1 heterocycles. The van der Waals surface area contributed by atoms with Crippen molar-refractivity contribution >= 4 is 33.0 Å². The van der Waals surface area contributed by atoms with Gasteiger partial charge in [0.25, 0.3) is 10.0 Å². The molecule has 0 radical (unpaired) electrons. The van der Waals surface area contributed by atoms with Gasteiger partial charge in [-0.2, -0.15) is 4.31 Å². The van der Waals surface area contributed by atoms with Gasteiger partial charge in [-0.05, 0) is 31.5 Å². The molecule has 5 nitrogen and oxygen atoms in total. The lowest BCUT2D eigenvalue weighted by Crippen LogP contribution is -2.29. The number of aryl methyl sites for hydroxylation is 1. The third-order valence-corrected chi connectivity index (χ3v) is 7.02. The zero-order valence-electron chi connectivity index (χ0n) is 11.8. The highest BCUT2D eigenvalue weighted by Gasteiger charge is 2.29. The summed E-state index contributed by atoms with van der Waals surface area (Å²) in [5, 5.41) is 0.549. The largest absolute Gasteiger partial charge is 0.315 e. The summed E-state index contributed by atoms with van der Waals surface area (Å²) >= 11 is 6.64. The SMILES string of the molecule is Cc1[nH]c(=O)sc1S(=O)(=O)N(C)C(C)c1cccc(Cl)c1. The second kappa shape index (κ2) is 5.92. The lowest BCUT2D eigenvalue weighted by atomic mass is 10.1. The molecule has 2 aromatic rings. The lowest BCUT2D eigenvalue weighted by Gasteiger charge is -2.24. The molecule has 0 bridgehead atoms. The van der Waals surface area contributed by atoms with Crippen LogP contribution in [0.5, 0.6) is 0 Å². The molecule has 0 aliphatic carbocycles. The fraction of sp³-hybridized carbons (Fsp3) is 0.308. The van der Waals surface area contributed by atoms with Crippen LogP contribution in [0.2, 0.25) is 5.02 Å². The minimum Gasteiger partial charge on any atom is -0.315 e. The Balaban J connectivity index is 2.41. The predicted molar refractivity (Wildman–Crippen MR) is 84.5 cm³/mol. The molecule has 1 N–H and O–H groups in total. The van der Waals surface area contributed by atoms with Crippen molar-refractivity contribution in [2.75, 3.05) is 7.05 Å². The van der Waals surface area contributed by atoms with Gasteiger partial charge in [0.15, 0.2) is 4.21 Å². The molecule has 0 saturated carbocycles. The maximum absolute atomic E-state index is 12.6. The van der Waals surface area contributed by atoms with E-state index >= 15 is 0 Å². The second-order valence-electron chi connectivity index (χ2n) is 4.68. The molecule has 0 saturated heterocycles. The van der Waals surface area contributed by atoms with Crippen LogP contribution in [0.1, 0.15) is 24.2 Å². The van der Waals surface area contributed by atoms with E-state index in [0.29, 0.717) is 22.1 Å².